The van der Waals surface area contributed by atoms with Gasteiger partial charge in [-0.15, -0.1) is 11.6 Å². The van der Waals surface area contributed by atoms with E-state index in [2.05, 4.69) is 0 Å². The lowest BCUT2D eigenvalue weighted by molar-refractivity contribution is 0.415. The van der Waals surface area contributed by atoms with Crippen LogP contribution in [-0.2, 0) is 0 Å². The molecule has 0 aliphatic carbocycles. The fourth-order valence-corrected chi connectivity index (χ4v) is 2.54. The highest BCUT2D eigenvalue weighted by molar-refractivity contribution is 6.32. The molecule has 4 heteroatoms. The van der Waals surface area contributed by atoms with Gasteiger partial charge in [-0.2, -0.15) is 0 Å². The van der Waals surface area contributed by atoms with Crippen molar-refractivity contribution in [2.75, 3.05) is 7.11 Å². The topological polar surface area (TPSA) is 9.23 Å². The van der Waals surface area contributed by atoms with Crippen LogP contribution >= 0.6 is 23.2 Å². The van der Waals surface area contributed by atoms with E-state index < -0.39 is 5.38 Å². The summed E-state index contributed by atoms with van der Waals surface area (Å²) in [5.74, 6) is 0.288. The first kappa shape index (κ1) is 14.2. The summed E-state index contributed by atoms with van der Waals surface area (Å²) >= 11 is 12.5. The molecule has 0 fully saturated rings. The molecule has 0 saturated heterocycles. The van der Waals surface area contributed by atoms with Crippen LogP contribution in [0.15, 0.2) is 36.4 Å². The molecule has 0 amide bonds. The second-order valence-electron chi connectivity index (χ2n) is 4.26. The summed E-state index contributed by atoms with van der Waals surface area (Å²) in [7, 11) is 1.55. The first-order chi connectivity index (χ1) is 9.02. The minimum atomic E-state index is -0.445. The Balaban J connectivity index is 2.41. The number of ether oxygens (including phenoxy) is 1. The van der Waals surface area contributed by atoms with Crippen molar-refractivity contribution in [3.05, 3.63) is 63.9 Å². The molecule has 2 aromatic carbocycles. The second-order valence-corrected chi connectivity index (χ2v) is 5.10. The van der Waals surface area contributed by atoms with E-state index in [1.54, 1.807) is 25.3 Å². The summed E-state index contributed by atoms with van der Waals surface area (Å²) in [4.78, 5) is 0. The molecule has 0 aliphatic rings. The first-order valence-corrected chi connectivity index (χ1v) is 6.58. The number of hydrogen-bond donors (Lipinski definition) is 0. The van der Waals surface area contributed by atoms with Crippen molar-refractivity contribution in [3.63, 3.8) is 0 Å². The average Bonchev–Trinajstić information content (AvgIpc) is 2.40. The van der Waals surface area contributed by atoms with E-state index >= 15 is 0 Å². The van der Waals surface area contributed by atoms with Gasteiger partial charge in [0.15, 0.2) is 0 Å². The molecule has 19 heavy (non-hydrogen) atoms. The van der Waals surface area contributed by atoms with Crippen molar-refractivity contribution < 1.29 is 9.13 Å². The van der Waals surface area contributed by atoms with Crippen LogP contribution in [0.1, 0.15) is 22.1 Å². The zero-order chi connectivity index (χ0) is 14.0. The third-order valence-corrected chi connectivity index (χ3v) is 3.77. The van der Waals surface area contributed by atoms with Crippen molar-refractivity contribution in [3.8, 4) is 5.75 Å². The number of methoxy groups -OCH3 is 1. The predicted octanol–water partition coefficient (Wildman–Crippen LogP) is 5.12. The molecule has 1 nitrogen and oxygen atoms in total. The Morgan fingerprint density at radius 3 is 2.53 bits per heavy atom. The Hall–Kier alpha value is -1.25. The number of rotatable bonds is 3. The second kappa shape index (κ2) is 5.81. The average molecular weight is 299 g/mol. The van der Waals surface area contributed by atoms with Crippen molar-refractivity contribution in [1.29, 1.82) is 0 Å². The minimum Gasteiger partial charge on any atom is -0.495 e. The van der Waals surface area contributed by atoms with Crippen LogP contribution in [0.2, 0.25) is 5.02 Å². The Morgan fingerprint density at radius 2 is 1.89 bits per heavy atom. The van der Waals surface area contributed by atoms with E-state index in [4.69, 9.17) is 27.9 Å². The number of hydrogen-bond acceptors (Lipinski definition) is 1. The molecule has 1 atom stereocenters. The van der Waals surface area contributed by atoms with Gasteiger partial charge in [-0.05, 0) is 47.9 Å². The zero-order valence-corrected chi connectivity index (χ0v) is 12.1. The summed E-state index contributed by atoms with van der Waals surface area (Å²) in [6.07, 6.45) is 0. The highest BCUT2D eigenvalue weighted by atomic mass is 35.5. The lowest BCUT2D eigenvalue weighted by atomic mass is 10.00. The summed E-state index contributed by atoms with van der Waals surface area (Å²) in [5, 5.41) is 0.0406. The molecular weight excluding hydrogens is 286 g/mol. The van der Waals surface area contributed by atoms with Gasteiger partial charge in [0.2, 0.25) is 0 Å². The molecule has 0 N–H and O–H groups in total. The minimum absolute atomic E-state index is 0.300. The Kier molecular flexibility index (Phi) is 4.33. The number of benzene rings is 2. The summed E-state index contributed by atoms with van der Waals surface area (Å²) in [6, 6.07) is 9.90. The van der Waals surface area contributed by atoms with Crippen molar-refractivity contribution >= 4 is 23.2 Å². The van der Waals surface area contributed by atoms with Gasteiger partial charge in [0, 0.05) is 0 Å². The number of halogens is 3. The smallest absolute Gasteiger partial charge is 0.137 e. The highest BCUT2D eigenvalue weighted by Crippen LogP contribution is 2.35. The molecule has 0 saturated carbocycles. The molecule has 0 aromatic heterocycles. The van der Waals surface area contributed by atoms with E-state index in [1.807, 2.05) is 13.0 Å². The summed E-state index contributed by atoms with van der Waals surface area (Å²) < 4.78 is 18.4. The van der Waals surface area contributed by atoms with Gasteiger partial charge in [0.25, 0.3) is 0 Å². The first-order valence-electron chi connectivity index (χ1n) is 5.76. The number of aryl methyl sites for hydroxylation is 1. The molecule has 0 aliphatic heterocycles. The molecule has 2 rings (SSSR count). The van der Waals surface area contributed by atoms with Gasteiger partial charge in [-0.1, -0.05) is 23.7 Å². The van der Waals surface area contributed by atoms with Gasteiger partial charge in [-0.3, -0.25) is 0 Å². The van der Waals surface area contributed by atoms with E-state index in [-0.39, 0.29) is 5.82 Å². The molecule has 2 aromatic rings. The Morgan fingerprint density at radius 1 is 1.16 bits per heavy atom. The van der Waals surface area contributed by atoms with Crippen LogP contribution in [0.4, 0.5) is 4.39 Å². The van der Waals surface area contributed by atoms with E-state index in [0.717, 1.165) is 16.7 Å². The van der Waals surface area contributed by atoms with Gasteiger partial charge >= 0.3 is 0 Å². The van der Waals surface area contributed by atoms with Crippen LogP contribution in [0.25, 0.3) is 0 Å². The largest absolute Gasteiger partial charge is 0.495 e. The maximum Gasteiger partial charge on any atom is 0.137 e. The SMILES string of the molecule is COc1ccc(C(Cl)c2cc(F)ccc2C)cc1Cl. The van der Waals surface area contributed by atoms with Crippen LogP contribution in [0.5, 0.6) is 5.75 Å². The summed E-state index contributed by atoms with van der Waals surface area (Å²) in [5.41, 5.74) is 2.48. The van der Waals surface area contributed by atoms with E-state index in [1.165, 1.54) is 12.1 Å². The standard InChI is InChI=1S/C15H13Cl2FO/c1-9-3-5-11(18)8-12(9)15(17)10-4-6-14(19-2)13(16)7-10/h3-8,15H,1-2H3. The Bertz CT molecular complexity index is 599. The van der Waals surface area contributed by atoms with Crippen LogP contribution in [0.3, 0.4) is 0 Å². The third-order valence-electron chi connectivity index (χ3n) is 2.98. The zero-order valence-electron chi connectivity index (χ0n) is 10.6. The van der Waals surface area contributed by atoms with Gasteiger partial charge < -0.3 is 4.74 Å². The van der Waals surface area contributed by atoms with Crippen LogP contribution < -0.4 is 4.74 Å². The van der Waals surface area contributed by atoms with Crippen molar-refractivity contribution in [2.24, 2.45) is 0 Å². The van der Waals surface area contributed by atoms with E-state index in [9.17, 15) is 4.39 Å². The quantitative estimate of drug-likeness (QED) is 0.714. The fraction of sp³-hybridized carbons (Fsp3) is 0.200. The van der Waals surface area contributed by atoms with Crippen molar-refractivity contribution in [1.82, 2.24) is 0 Å². The van der Waals surface area contributed by atoms with Gasteiger partial charge in [0.05, 0.1) is 17.5 Å². The molecule has 0 radical (unpaired) electrons. The summed E-state index contributed by atoms with van der Waals surface area (Å²) in [6.45, 7) is 1.90. The maximum atomic E-state index is 13.3. The highest BCUT2D eigenvalue weighted by Gasteiger charge is 2.15. The van der Waals surface area contributed by atoms with E-state index in [0.29, 0.717) is 10.8 Å². The molecular formula is C15H13Cl2FO. The fourth-order valence-electron chi connectivity index (χ4n) is 1.90. The van der Waals surface area contributed by atoms with Gasteiger partial charge in [0.1, 0.15) is 11.6 Å². The predicted molar refractivity (Wildman–Crippen MR) is 76.8 cm³/mol. The third kappa shape index (κ3) is 3.02. The number of alkyl halides is 1. The van der Waals surface area contributed by atoms with Crippen molar-refractivity contribution in [2.45, 2.75) is 12.3 Å². The van der Waals surface area contributed by atoms with Gasteiger partial charge in [-0.25, -0.2) is 4.39 Å². The molecule has 0 bridgehead atoms. The van der Waals surface area contributed by atoms with Crippen LogP contribution in [-0.4, -0.2) is 7.11 Å². The van der Waals surface area contributed by atoms with Crippen LogP contribution in [0, 0.1) is 12.7 Å². The monoisotopic (exact) mass is 298 g/mol. The lowest BCUT2D eigenvalue weighted by Gasteiger charge is -2.14. The molecule has 0 spiro atoms. The normalized spacial score (nSPS) is 12.3. The molecule has 0 heterocycles. The molecule has 100 valence electrons. The maximum absolute atomic E-state index is 13.3. The Labute approximate surface area is 121 Å². The lowest BCUT2D eigenvalue weighted by Crippen LogP contribution is -1.98. The molecule has 1 unspecified atom stereocenters.